The van der Waals surface area contributed by atoms with Gasteiger partial charge in [0.1, 0.15) is 0 Å². The second-order valence-corrected chi connectivity index (χ2v) is 11.8. The van der Waals surface area contributed by atoms with Crippen molar-refractivity contribution >= 4 is 74.4 Å². The van der Waals surface area contributed by atoms with Crippen LogP contribution in [0.15, 0.2) is 36.4 Å². The van der Waals surface area contributed by atoms with E-state index in [1.165, 1.54) is 53.9 Å². The molecule has 0 saturated carbocycles. The van der Waals surface area contributed by atoms with Crippen LogP contribution >= 0.6 is 42.9 Å². The quantitative estimate of drug-likeness (QED) is 0.458. The van der Waals surface area contributed by atoms with Crippen molar-refractivity contribution in [3.63, 3.8) is 0 Å². The summed E-state index contributed by atoms with van der Waals surface area (Å²) in [5, 5.41) is 0. The summed E-state index contributed by atoms with van der Waals surface area (Å²) >= 11 is 9.21. The van der Waals surface area contributed by atoms with Gasteiger partial charge in [0, 0.05) is 0 Å². The van der Waals surface area contributed by atoms with Crippen LogP contribution in [0.25, 0.3) is 0 Å². The Kier molecular flexibility index (Phi) is 6.44. The number of hydrogen-bond donors (Lipinski definition) is 0. The van der Waals surface area contributed by atoms with Gasteiger partial charge in [-0.15, -0.1) is 31.5 Å². The van der Waals surface area contributed by atoms with Crippen LogP contribution in [0.3, 0.4) is 0 Å². The summed E-state index contributed by atoms with van der Waals surface area (Å²) in [6, 6.07) is 13.8. The van der Waals surface area contributed by atoms with E-state index in [1.807, 2.05) is 11.3 Å². The molecule has 5 heteroatoms. The Labute approximate surface area is 184 Å². The van der Waals surface area contributed by atoms with Crippen molar-refractivity contribution in [1.29, 1.82) is 0 Å². The molecule has 3 aromatic rings. The molecule has 0 aliphatic heterocycles. The van der Waals surface area contributed by atoms with E-state index in [2.05, 4.69) is 109 Å². The Hall–Kier alpha value is -0.770. The molecule has 0 bridgehead atoms. The largest absolute Gasteiger partial charge is 0.339 e. The minimum absolute atomic E-state index is 0.199. The smallest absolute Gasteiger partial charge is 0.162 e. The SMILES string of the molecule is Cc1cc(C)c(B(c2ccc(B(Br)Br)s2)c2c(C)cc(C)cc2C)c(C)c1. The molecular weight excluding hydrogens is 478 g/mol. The third kappa shape index (κ3) is 4.31. The second kappa shape index (κ2) is 8.31. The topological polar surface area (TPSA) is 0 Å². The lowest BCUT2D eigenvalue weighted by atomic mass is 9.37. The fourth-order valence-electron chi connectivity index (χ4n) is 4.36. The first-order chi connectivity index (χ1) is 12.7. The van der Waals surface area contributed by atoms with Gasteiger partial charge in [-0.25, -0.2) is 0 Å². The Morgan fingerprint density at radius 1 is 0.630 bits per heavy atom. The molecule has 1 heterocycles. The van der Waals surface area contributed by atoms with Crippen LogP contribution in [0.4, 0.5) is 0 Å². The van der Waals surface area contributed by atoms with Crippen molar-refractivity contribution in [2.45, 2.75) is 41.5 Å². The molecule has 0 saturated heterocycles. The number of thiophene rings is 1. The van der Waals surface area contributed by atoms with Gasteiger partial charge in [0.25, 0.3) is 6.71 Å². The van der Waals surface area contributed by atoms with Gasteiger partial charge in [-0.05, 0) is 51.1 Å². The highest BCUT2D eigenvalue weighted by Crippen LogP contribution is 2.15. The van der Waals surface area contributed by atoms with Gasteiger partial charge in [-0.1, -0.05) is 80.7 Å². The number of rotatable bonds is 4. The van der Waals surface area contributed by atoms with Gasteiger partial charge < -0.3 is 0 Å². The second-order valence-electron chi connectivity index (χ2n) is 7.60. The lowest BCUT2D eigenvalue weighted by Crippen LogP contribution is -2.55. The van der Waals surface area contributed by atoms with Crippen LogP contribution in [0.2, 0.25) is 0 Å². The first kappa shape index (κ1) is 21.0. The highest BCUT2D eigenvalue weighted by atomic mass is 79.9. The summed E-state index contributed by atoms with van der Waals surface area (Å²) in [6.45, 7) is 13.7. The van der Waals surface area contributed by atoms with Crippen LogP contribution in [0.5, 0.6) is 0 Å². The lowest BCUT2D eigenvalue weighted by molar-refractivity contribution is 1.34. The van der Waals surface area contributed by atoms with Crippen molar-refractivity contribution in [3.8, 4) is 0 Å². The average Bonchev–Trinajstić information content (AvgIpc) is 3.01. The first-order valence-electron chi connectivity index (χ1n) is 9.22. The molecule has 0 nitrogen and oxygen atoms in total. The molecule has 27 heavy (non-hydrogen) atoms. The molecule has 0 spiro atoms. The van der Waals surface area contributed by atoms with Crippen molar-refractivity contribution in [2.24, 2.45) is 0 Å². The van der Waals surface area contributed by atoms with Crippen LogP contribution in [-0.4, -0.2) is 11.1 Å². The fourth-order valence-corrected chi connectivity index (χ4v) is 6.22. The molecule has 2 aromatic carbocycles. The monoisotopic (exact) mass is 500 g/mol. The number of benzene rings is 2. The maximum Gasteiger partial charge on any atom is 0.339 e. The van der Waals surface area contributed by atoms with Crippen molar-refractivity contribution < 1.29 is 0 Å². The van der Waals surface area contributed by atoms with E-state index in [0.717, 1.165) is 0 Å². The minimum Gasteiger partial charge on any atom is -0.162 e. The number of hydrogen-bond acceptors (Lipinski definition) is 1. The number of aryl methyl sites for hydroxylation is 6. The first-order valence-corrected chi connectivity index (χ1v) is 11.9. The van der Waals surface area contributed by atoms with E-state index in [0.29, 0.717) is 0 Å². The van der Waals surface area contributed by atoms with E-state index in [1.54, 1.807) is 0 Å². The zero-order valence-electron chi connectivity index (χ0n) is 16.8. The van der Waals surface area contributed by atoms with Crippen molar-refractivity contribution in [2.75, 3.05) is 0 Å². The zero-order valence-corrected chi connectivity index (χ0v) is 20.8. The summed E-state index contributed by atoms with van der Waals surface area (Å²) in [5.41, 5.74) is 11.1. The molecule has 0 amide bonds. The Morgan fingerprint density at radius 3 is 1.33 bits per heavy atom. The molecule has 0 N–H and O–H groups in total. The zero-order chi connectivity index (χ0) is 19.9. The standard InChI is InChI=1S/C22H24B2Br2S/c1-13-9-15(3)21(16(4)10-13)23(19-7-8-20(27-19)24(25)26)22-17(5)11-14(2)12-18(22)6/h7-12H,1-6H3. The fraction of sp³-hybridized carbons (Fsp3) is 0.273. The summed E-state index contributed by atoms with van der Waals surface area (Å²) in [4.78, 5) is 0. The Morgan fingerprint density at radius 2 is 1.00 bits per heavy atom. The summed E-state index contributed by atoms with van der Waals surface area (Å²) < 4.78 is 2.91. The van der Waals surface area contributed by atoms with E-state index < -0.39 is 0 Å². The maximum absolute atomic E-state index is 3.66. The third-order valence-electron chi connectivity index (χ3n) is 5.20. The predicted molar refractivity (Wildman–Crippen MR) is 134 cm³/mol. The third-order valence-corrected chi connectivity index (χ3v) is 8.01. The van der Waals surface area contributed by atoms with Crippen LogP contribution < -0.4 is 20.5 Å². The highest BCUT2D eigenvalue weighted by Gasteiger charge is 2.30. The molecular formula is C22H24B2Br2S. The van der Waals surface area contributed by atoms with Crippen molar-refractivity contribution in [3.05, 3.63) is 69.8 Å². The molecule has 0 aliphatic rings. The number of halogens is 2. The van der Waals surface area contributed by atoms with Crippen LogP contribution in [0, 0.1) is 41.5 Å². The molecule has 0 unspecified atom stereocenters. The molecule has 138 valence electrons. The minimum atomic E-state index is 0.199. The van der Waals surface area contributed by atoms with E-state index >= 15 is 0 Å². The van der Waals surface area contributed by atoms with Gasteiger partial charge >= 0.3 is 4.36 Å². The van der Waals surface area contributed by atoms with Gasteiger partial charge in [0.05, 0.1) is 0 Å². The molecule has 0 radical (unpaired) electrons. The van der Waals surface area contributed by atoms with E-state index in [-0.39, 0.29) is 11.1 Å². The summed E-state index contributed by atoms with van der Waals surface area (Å²) in [5.74, 6) is 0. The van der Waals surface area contributed by atoms with E-state index in [4.69, 9.17) is 0 Å². The van der Waals surface area contributed by atoms with Gasteiger partial charge in [0.15, 0.2) is 0 Å². The average molecular weight is 502 g/mol. The lowest BCUT2D eigenvalue weighted by Gasteiger charge is -2.23. The molecule has 3 rings (SSSR count). The van der Waals surface area contributed by atoms with Gasteiger partial charge in [-0.3, -0.25) is 0 Å². The van der Waals surface area contributed by atoms with E-state index in [9.17, 15) is 0 Å². The molecule has 0 atom stereocenters. The van der Waals surface area contributed by atoms with Crippen molar-refractivity contribution in [1.82, 2.24) is 0 Å². The van der Waals surface area contributed by atoms with Gasteiger partial charge in [-0.2, -0.15) is 11.3 Å². The Bertz CT molecular complexity index is 888. The van der Waals surface area contributed by atoms with Crippen LogP contribution in [0.1, 0.15) is 33.4 Å². The molecule has 0 aliphatic carbocycles. The highest BCUT2D eigenvalue weighted by molar-refractivity contribution is 9.49. The Balaban J connectivity index is 2.31. The van der Waals surface area contributed by atoms with Gasteiger partial charge in [0.2, 0.25) is 0 Å². The summed E-state index contributed by atoms with van der Waals surface area (Å²) in [7, 11) is 0. The van der Waals surface area contributed by atoms with Crippen LogP contribution in [-0.2, 0) is 0 Å². The molecule has 0 fully saturated rings. The normalized spacial score (nSPS) is 11.0. The maximum atomic E-state index is 3.66. The summed E-state index contributed by atoms with van der Waals surface area (Å²) in [6.07, 6.45) is 0. The predicted octanol–water partition coefficient (Wildman–Crippen LogP) is 4.60. The molecule has 1 aromatic heterocycles.